The summed E-state index contributed by atoms with van der Waals surface area (Å²) in [4.78, 5) is 14.0. The number of ether oxygens (including phenoxy) is 3. The van der Waals surface area contributed by atoms with Crippen molar-refractivity contribution in [1.82, 2.24) is 10.2 Å². The summed E-state index contributed by atoms with van der Waals surface area (Å²) in [6.45, 7) is 1.20. The van der Waals surface area contributed by atoms with Crippen molar-refractivity contribution in [2.24, 2.45) is 0 Å². The summed E-state index contributed by atoms with van der Waals surface area (Å²) in [5.74, 6) is 2.17. The predicted octanol–water partition coefficient (Wildman–Crippen LogP) is 3.44. The first-order valence-corrected chi connectivity index (χ1v) is 9.06. The molecule has 0 aliphatic carbocycles. The zero-order valence-corrected chi connectivity index (χ0v) is 16.3. The number of nitrogens with one attached hydrogen (secondary N) is 1. The van der Waals surface area contributed by atoms with Crippen molar-refractivity contribution in [3.63, 3.8) is 0 Å². The molecule has 0 radical (unpaired) electrons. The third-order valence-electron chi connectivity index (χ3n) is 4.05. The Labute approximate surface area is 161 Å². The topological polar surface area (TPSA) is 60.0 Å². The molecule has 0 aromatic heterocycles. The van der Waals surface area contributed by atoms with Crippen molar-refractivity contribution >= 4 is 22.0 Å². The Morgan fingerprint density at radius 2 is 2.08 bits per heavy atom. The second-order valence-electron chi connectivity index (χ2n) is 6.00. The second kappa shape index (κ2) is 8.31. The van der Waals surface area contributed by atoms with Crippen LogP contribution in [0.4, 0.5) is 4.79 Å². The Balaban J connectivity index is 1.53. The van der Waals surface area contributed by atoms with E-state index in [4.69, 9.17) is 14.2 Å². The molecule has 1 aliphatic heterocycles. The van der Waals surface area contributed by atoms with Crippen molar-refractivity contribution in [2.75, 3.05) is 27.3 Å². The van der Waals surface area contributed by atoms with E-state index >= 15 is 0 Å². The van der Waals surface area contributed by atoms with E-state index in [-0.39, 0.29) is 12.1 Å². The molecule has 0 fully saturated rings. The zero-order chi connectivity index (χ0) is 18.5. The SMILES string of the molecule is COc1ccc(Br)cc1CN(C)C(=O)NCC1COc2ccccc2O1. The van der Waals surface area contributed by atoms with Crippen molar-refractivity contribution < 1.29 is 19.0 Å². The molecule has 2 amide bonds. The number of carbonyl (C=O) groups excluding carboxylic acids is 1. The second-order valence-corrected chi connectivity index (χ2v) is 6.91. The Hall–Kier alpha value is -2.41. The number of halogens is 1. The molecule has 1 aliphatic rings. The van der Waals surface area contributed by atoms with Crippen LogP contribution in [0.1, 0.15) is 5.56 Å². The number of carbonyl (C=O) groups is 1. The van der Waals surface area contributed by atoms with Crippen LogP contribution in [-0.4, -0.2) is 44.3 Å². The van der Waals surface area contributed by atoms with Crippen LogP contribution in [-0.2, 0) is 6.54 Å². The molecule has 7 heteroatoms. The Morgan fingerprint density at radius 1 is 1.31 bits per heavy atom. The minimum Gasteiger partial charge on any atom is -0.496 e. The van der Waals surface area contributed by atoms with E-state index in [1.807, 2.05) is 42.5 Å². The van der Waals surface area contributed by atoms with Crippen LogP contribution < -0.4 is 19.5 Å². The van der Waals surface area contributed by atoms with Crippen molar-refractivity contribution in [1.29, 1.82) is 0 Å². The fourth-order valence-corrected chi connectivity index (χ4v) is 3.11. The van der Waals surface area contributed by atoms with Crippen LogP contribution >= 0.6 is 15.9 Å². The van der Waals surface area contributed by atoms with Gasteiger partial charge in [-0.3, -0.25) is 0 Å². The standard InChI is InChI=1S/C19H21BrN2O4/c1-22(11-13-9-14(20)7-8-16(13)24-2)19(23)21-10-15-12-25-17-5-3-4-6-18(17)26-15/h3-9,15H,10-12H2,1-2H3,(H,21,23). The van der Waals surface area contributed by atoms with Gasteiger partial charge in [0.15, 0.2) is 17.6 Å². The van der Waals surface area contributed by atoms with E-state index in [2.05, 4.69) is 21.2 Å². The summed E-state index contributed by atoms with van der Waals surface area (Å²) < 4.78 is 17.8. The van der Waals surface area contributed by atoms with Crippen LogP contribution in [0.5, 0.6) is 17.2 Å². The van der Waals surface area contributed by atoms with Gasteiger partial charge in [-0.15, -0.1) is 0 Å². The number of urea groups is 1. The van der Waals surface area contributed by atoms with Crippen LogP contribution in [0.2, 0.25) is 0 Å². The first-order valence-electron chi connectivity index (χ1n) is 8.26. The van der Waals surface area contributed by atoms with Crippen LogP contribution in [0.15, 0.2) is 46.9 Å². The van der Waals surface area contributed by atoms with E-state index in [1.54, 1.807) is 19.1 Å². The molecular weight excluding hydrogens is 400 g/mol. The maximum absolute atomic E-state index is 12.4. The molecule has 138 valence electrons. The molecule has 2 aromatic carbocycles. The molecule has 1 heterocycles. The summed E-state index contributed by atoms with van der Waals surface area (Å²) in [5, 5.41) is 2.88. The number of fused-ring (bicyclic) bond motifs is 1. The van der Waals surface area contributed by atoms with E-state index in [0.29, 0.717) is 25.4 Å². The monoisotopic (exact) mass is 420 g/mol. The fraction of sp³-hybridized carbons (Fsp3) is 0.316. The van der Waals surface area contributed by atoms with Crippen LogP contribution in [0, 0.1) is 0 Å². The number of benzene rings is 2. The summed E-state index contributed by atoms with van der Waals surface area (Å²) in [6.07, 6.45) is -0.220. The number of rotatable bonds is 5. The molecule has 0 spiro atoms. The molecule has 2 aromatic rings. The minimum absolute atomic E-state index is 0.186. The highest BCUT2D eigenvalue weighted by atomic mass is 79.9. The minimum atomic E-state index is -0.220. The van der Waals surface area contributed by atoms with Gasteiger partial charge in [-0.05, 0) is 30.3 Å². The molecule has 1 atom stereocenters. The highest BCUT2D eigenvalue weighted by Crippen LogP contribution is 2.30. The van der Waals surface area contributed by atoms with Crippen molar-refractivity contribution in [3.05, 3.63) is 52.5 Å². The Kier molecular flexibility index (Phi) is 5.88. The number of hydrogen-bond donors (Lipinski definition) is 1. The lowest BCUT2D eigenvalue weighted by molar-refractivity contribution is 0.0904. The average molecular weight is 421 g/mol. The van der Waals surface area contributed by atoms with Gasteiger partial charge < -0.3 is 24.4 Å². The largest absolute Gasteiger partial charge is 0.496 e. The van der Waals surface area contributed by atoms with Crippen molar-refractivity contribution in [2.45, 2.75) is 12.6 Å². The van der Waals surface area contributed by atoms with Crippen molar-refractivity contribution in [3.8, 4) is 17.2 Å². The predicted molar refractivity (Wildman–Crippen MR) is 102 cm³/mol. The maximum atomic E-state index is 12.4. The van der Waals surface area contributed by atoms with Gasteiger partial charge in [-0.25, -0.2) is 4.79 Å². The van der Waals surface area contributed by atoms with Crippen LogP contribution in [0.25, 0.3) is 0 Å². The summed E-state index contributed by atoms with van der Waals surface area (Å²) in [6, 6.07) is 13.0. The van der Waals surface area contributed by atoms with Gasteiger partial charge in [-0.1, -0.05) is 28.1 Å². The third-order valence-corrected chi connectivity index (χ3v) is 4.54. The summed E-state index contributed by atoms with van der Waals surface area (Å²) in [7, 11) is 3.36. The number of amides is 2. The van der Waals surface area contributed by atoms with E-state index in [1.165, 1.54) is 0 Å². The summed E-state index contributed by atoms with van der Waals surface area (Å²) >= 11 is 3.44. The first-order chi connectivity index (χ1) is 12.6. The molecule has 26 heavy (non-hydrogen) atoms. The molecule has 0 saturated heterocycles. The van der Waals surface area contributed by atoms with E-state index < -0.39 is 0 Å². The normalized spacial score (nSPS) is 15.3. The third kappa shape index (κ3) is 4.40. The molecule has 0 bridgehead atoms. The lowest BCUT2D eigenvalue weighted by Gasteiger charge is -2.27. The highest BCUT2D eigenvalue weighted by Gasteiger charge is 2.22. The quantitative estimate of drug-likeness (QED) is 0.804. The molecule has 6 nitrogen and oxygen atoms in total. The Bertz CT molecular complexity index is 784. The molecule has 0 saturated carbocycles. The lowest BCUT2D eigenvalue weighted by atomic mass is 10.2. The smallest absolute Gasteiger partial charge is 0.317 e. The van der Waals surface area contributed by atoms with E-state index in [9.17, 15) is 4.79 Å². The molecule has 3 rings (SSSR count). The average Bonchev–Trinajstić information content (AvgIpc) is 2.66. The Morgan fingerprint density at radius 3 is 2.85 bits per heavy atom. The summed E-state index contributed by atoms with van der Waals surface area (Å²) in [5.41, 5.74) is 0.922. The molecule has 1 N–H and O–H groups in total. The van der Waals surface area contributed by atoms with E-state index in [0.717, 1.165) is 21.5 Å². The van der Waals surface area contributed by atoms with Gasteiger partial charge in [0.2, 0.25) is 0 Å². The van der Waals surface area contributed by atoms with Gasteiger partial charge >= 0.3 is 6.03 Å². The van der Waals surface area contributed by atoms with Crippen LogP contribution in [0.3, 0.4) is 0 Å². The molecular formula is C19H21BrN2O4. The number of methoxy groups -OCH3 is 1. The lowest BCUT2D eigenvalue weighted by Crippen LogP contribution is -2.44. The number of para-hydroxylation sites is 2. The zero-order valence-electron chi connectivity index (χ0n) is 14.7. The number of nitrogens with zero attached hydrogens (tertiary/aromatic N) is 1. The van der Waals surface area contributed by atoms with Gasteiger partial charge in [0.25, 0.3) is 0 Å². The first kappa shape index (κ1) is 18.4. The fourth-order valence-electron chi connectivity index (χ4n) is 2.70. The van der Waals surface area contributed by atoms with Gasteiger partial charge in [0.05, 0.1) is 20.2 Å². The van der Waals surface area contributed by atoms with Gasteiger partial charge in [0.1, 0.15) is 12.4 Å². The van der Waals surface area contributed by atoms with Gasteiger partial charge in [0, 0.05) is 17.1 Å². The highest BCUT2D eigenvalue weighted by molar-refractivity contribution is 9.10. The number of hydrogen-bond acceptors (Lipinski definition) is 4. The molecule has 1 unspecified atom stereocenters. The maximum Gasteiger partial charge on any atom is 0.317 e. The van der Waals surface area contributed by atoms with Gasteiger partial charge in [-0.2, -0.15) is 0 Å².